The van der Waals surface area contributed by atoms with Crippen LogP contribution < -0.4 is 0 Å². The molecule has 0 amide bonds. The minimum atomic E-state index is -5.04. The van der Waals surface area contributed by atoms with Gasteiger partial charge in [0, 0.05) is 19.6 Å². The first-order valence-electron chi connectivity index (χ1n) is 22.6. The van der Waals surface area contributed by atoms with Gasteiger partial charge in [0.15, 0.2) is 0 Å². The summed E-state index contributed by atoms with van der Waals surface area (Å²) in [5, 5.41) is 58.9. The molecular formula is C45H81O13P. The molecule has 1 aliphatic rings. The van der Waals surface area contributed by atoms with E-state index in [0.717, 1.165) is 64.2 Å². The molecule has 0 heterocycles. The SMILES string of the molecule is CCCCCCCCCCCCCCCCOCC(COP(=O)(O)OC1C(O)C(O)C(O)C(O)C1O)OC(=O)CCC/C=C\C/C=C\C/C=C\C/C=C\CCCCCO. The molecule has 6 unspecified atom stereocenters. The Morgan fingerprint density at radius 1 is 0.576 bits per heavy atom. The summed E-state index contributed by atoms with van der Waals surface area (Å²) in [6.45, 7) is 2.20. The monoisotopic (exact) mass is 861 g/mol. The summed E-state index contributed by atoms with van der Waals surface area (Å²) in [6.07, 6.45) is 29.1. The van der Waals surface area contributed by atoms with Crippen LogP contribution in [0.4, 0.5) is 0 Å². The summed E-state index contributed by atoms with van der Waals surface area (Å²) in [6, 6.07) is 0. The standard InChI is InChI=1S/C45H81O13P/c1-2-3-4-5-6-7-8-9-17-20-23-26-29-32-35-55-36-38(37-56-59(53,54)58-45-43(51)41(49)40(48)42(50)44(45)52)57-39(47)33-30-27-24-21-18-15-13-11-10-12-14-16-19-22-25-28-31-34-46/h10,12-13,15-16,19,21,24,38,40-46,48-52H,2-9,11,14,17-18,20,22-23,25-37H2,1H3,(H,53,54)/b12-10-,15-13-,19-16-,24-21-. The summed E-state index contributed by atoms with van der Waals surface area (Å²) >= 11 is 0. The Balaban J connectivity index is 2.45. The van der Waals surface area contributed by atoms with E-state index in [4.69, 9.17) is 23.6 Å². The average molecular weight is 861 g/mol. The summed E-state index contributed by atoms with van der Waals surface area (Å²) in [5.74, 6) is -0.539. The Morgan fingerprint density at radius 2 is 1.02 bits per heavy atom. The molecular weight excluding hydrogens is 779 g/mol. The molecule has 1 aliphatic carbocycles. The first kappa shape index (κ1) is 55.3. The summed E-state index contributed by atoms with van der Waals surface area (Å²) in [7, 11) is -5.04. The Bertz CT molecular complexity index is 1160. The third-order valence-electron chi connectivity index (χ3n) is 10.3. The van der Waals surface area contributed by atoms with Gasteiger partial charge < -0.3 is 45.0 Å². The number of hydrogen-bond acceptors (Lipinski definition) is 12. The number of phosphoric acid groups is 1. The number of carbonyl (C=O) groups is 1. The van der Waals surface area contributed by atoms with Gasteiger partial charge in [0.25, 0.3) is 0 Å². The lowest BCUT2D eigenvalue weighted by atomic mass is 9.85. The van der Waals surface area contributed by atoms with E-state index in [0.29, 0.717) is 19.4 Å². The predicted octanol–water partition coefficient (Wildman–Crippen LogP) is 7.83. The van der Waals surface area contributed by atoms with Crippen molar-refractivity contribution in [2.75, 3.05) is 26.4 Å². The topological polar surface area (TPSA) is 213 Å². The lowest BCUT2D eigenvalue weighted by Crippen LogP contribution is -2.64. The highest BCUT2D eigenvalue weighted by atomic mass is 31.2. The van der Waals surface area contributed by atoms with Crippen molar-refractivity contribution in [3.8, 4) is 0 Å². The fourth-order valence-corrected chi connectivity index (χ4v) is 7.59. The van der Waals surface area contributed by atoms with Crippen molar-refractivity contribution in [3.05, 3.63) is 48.6 Å². The van der Waals surface area contributed by atoms with Crippen LogP contribution in [0.15, 0.2) is 48.6 Å². The van der Waals surface area contributed by atoms with Crippen LogP contribution in [-0.2, 0) is 27.9 Å². The van der Waals surface area contributed by atoms with Gasteiger partial charge in [0.2, 0.25) is 0 Å². The summed E-state index contributed by atoms with van der Waals surface area (Å²) in [5.41, 5.74) is 0. The number of unbranched alkanes of at least 4 members (excludes halogenated alkanes) is 17. The van der Waals surface area contributed by atoms with Crippen molar-refractivity contribution in [1.82, 2.24) is 0 Å². The maximum absolute atomic E-state index is 12.8. The van der Waals surface area contributed by atoms with Crippen molar-refractivity contribution in [2.45, 2.75) is 204 Å². The maximum Gasteiger partial charge on any atom is 0.472 e. The highest BCUT2D eigenvalue weighted by molar-refractivity contribution is 7.47. The third-order valence-corrected chi connectivity index (χ3v) is 11.2. The molecule has 13 nitrogen and oxygen atoms in total. The molecule has 0 saturated heterocycles. The highest BCUT2D eigenvalue weighted by Gasteiger charge is 2.51. The zero-order chi connectivity index (χ0) is 43.4. The number of rotatable bonds is 38. The lowest BCUT2D eigenvalue weighted by molar-refractivity contribution is -0.220. The molecule has 0 aliphatic heterocycles. The van der Waals surface area contributed by atoms with E-state index in [1.54, 1.807) is 0 Å². The molecule has 14 heteroatoms. The largest absolute Gasteiger partial charge is 0.472 e. The van der Waals surface area contributed by atoms with E-state index in [-0.39, 0.29) is 19.6 Å². The van der Waals surface area contributed by atoms with Crippen molar-refractivity contribution >= 4 is 13.8 Å². The minimum absolute atomic E-state index is 0.101. The van der Waals surface area contributed by atoms with Crippen molar-refractivity contribution < 1.29 is 63.4 Å². The van der Waals surface area contributed by atoms with Crippen LogP contribution >= 0.6 is 7.82 Å². The van der Waals surface area contributed by atoms with E-state index >= 15 is 0 Å². The number of ether oxygens (including phenoxy) is 2. The Morgan fingerprint density at radius 3 is 1.53 bits per heavy atom. The molecule has 0 aromatic carbocycles. The van der Waals surface area contributed by atoms with Crippen LogP contribution in [0, 0.1) is 0 Å². The van der Waals surface area contributed by atoms with Gasteiger partial charge in [-0.1, -0.05) is 145 Å². The lowest BCUT2D eigenvalue weighted by Gasteiger charge is -2.41. The molecule has 59 heavy (non-hydrogen) atoms. The van der Waals surface area contributed by atoms with Crippen LogP contribution in [0.3, 0.4) is 0 Å². The van der Waals surface area contributed by atoms with Gasteiger partial charge in [0.05, 0.1) is 13.2 Å². The second-order valence-electron chi connectivity index (χ2n) is 15.6. The second-order valence-corrected chi connectivity index (χ2v) is 17.0. The van der Waals surface area contributed by atoms with Crippen molar-refractivity contribution in [2.24, 2.45) is 0 Å². The van der Waals surface area contributed by atoms with Crippen molar-refractivity contribution in [1.29, 1.82) is 0 Å². The zero-order valence-corrected chi connectivity index (χ0v) is 36.9. The van der Waals surface area contributed by atoms with E-state index in [2.05, 4.69) is 43.4 Å². The predicted molar refractivity (Wildman–Crippen MR) is 232 cm³/mol. The fourth-order valence-electron chi connectivity index (χ4n) is 6.62. The second kappa shape index (κ2) is 36.9. The Labute approximate surface area is 355 Å². The third kappa shape index (κ3) is 29.2. The molecule has 6 atom stereocenters. The summed E-state index contributed by atoms with van der Waals surface area (Å²) in [4.78, 5) is 23.1. The smallest absolute Gasteiger partial charge is 0.457 e. The Hall–Kier alpha value is -1.74. The van der Waals surface area contributed by atoms with Crippen LogP contribution in [0.2, 0.25) is 0 Å². The van der Waals surface area contributed by atoms with E-state index in [1.807, 2.05) is 12.2 Å². The van der Waals surface area contributed by atoms with Crippen LogP contribution in [0.5, 0.6) is 0 Å². The average Bonchev–Trinajstić information content (AvgIpc) is 3.22. The number of aliphatic hydroxyl groups is 6. The number of phosphoric ester groups is 1. The minimum Gasteiger partial charge on any atom is -0.457 e. The molecule has 1 fully saturated rings. The van der Waals surface area contributed by atoms with Gasteiger partial charge in [-0.25, -0.2) is 4.57 Å². The van der Waals surface area contributed by atoms with Crippen LogP contribution in [0.1, 0.15) is 161 Å². The van der Waals surface area contributed by atoms with Gasteiger partial charge in [-0.15, -0.1) is 0 Å². The molecule has 7 N–H and O–H groups in total. The van der Waals surface area contributed by atoms with Gasteiger partial charge in [-0.05, 0) is 57.8 Å². The number of carbonyl (C=O) groups excluding carboxylic acids is 1. The number of allylic oxidation sites excluding steroid dienone is 8. The van der Waals surface area contributed by atoms with Crippen LogP contribution in [0.25, 0.3) is 0 Å². The number of hydrogen-bond donors (Lipinski definition) is 7. The number of esters is 1. The van der Waals surface area contributed by atoms with E-state index in [1.165, 1.54) is 70.6 Å². The fraction of sp³-hybridized carbons (Fsp3) is 0.800. The molecule has 0 aromatic heterocycles. The molecule has 0 radical (unpaired) electrons. The molecule has 0 aromatic rings. The normalized spacial score (nSPS) is 22.9. The molecule has 344 valence electrons. The van der Waals surface area contributed by atoms with Gasteiger partial charge >= 0.3 is 13.8 Å². The molecule has 0 bridgehead atoms. The van der Waals surface area contributed by atoms with E-state index in [9.17, 15) is 39.8 Å². The van der Waals surface area contributed by atoms with Crippen molar-refractivity contribution in [3.63, 3.8) is 0 Å². The van der Waals surface area contributed by atoms with Gasteiger partial charge in [0.1, 0.15) is 42.7 Å². The first-order chi connectivity index (χ1) is 28.5. The van der Waals surface area contributed by atoms with Gasteiger partial charge in [-0.2, -0.15) is 0 Å². The molecule has 0 spiro atoms. The summed E-state index contributed by atoms with van der Waals surface area (Å²) < 4.78 is 34.1. The zero-order valence-electron chi connectivity index (χ0n) is 36.0. The quantitative estimate of drug-likeness (QED) is 0.0137. The molecule has 1 rings (SSSR count). The first-order valence-corrected chi connectivity index (χ1v) is 24.1. The number of aliphatic hydroxyl groups excluding tert-OH is 6. The molecule has 1 saturated carbocycles. The van der Waals surface area contributed by atoms with Gasteiger partial charge in [-0.3, -0.25) is 13.8 Å². The Kier molecular flexibility index (Phi) is 34.5. The van der Waals surface area contributed by atoms with E-state index < -0.39 is 63.1 Å². The maximum atomic E-state index is 12.8. The highest BCUT2D eigenvalue weighted by Crippen LogP contribution is 2.47. The van der Waals surface area contributed by atoms with Crippen LogP contribution in [-0.4, -0.2) is 111 Å².